The molecule has 6 heteroatoms. The van der Waals surface area contributed by atoms with Gasteiger partial charge in [0.15, 0.2) is 0 Å². The molecule has 0 fully saturated rings. The van der Waals surface area contributed by atoms with Gasteiger partial charge in [0.2, 0.25) is 0 Å². The monoisotopic (exact) mass is 379 g/mol. The zero-order chi connectivity index (χ0) is 19.6. The predicted molar refractivity (Wildman–Crippen MR) is 101 cm³/mol. The molecule has 0 aliphatic heterocycles. The van der Waals surface area contributed by atoms with Crippen molar-refractivity contribution in [3.05, 3.63) is 96.2 Å². The second-order valence-electron chi connectivity index (χ2n) is 6.33. The van der Waals surface area contributed by atoms with Gasteiger partial charge in [0.1, 0.15) is 11.4 Å². The summed E-state index contributed by atoms with van der Waals surface area (Å²) in [6.07, 6.45) is -4.50. The van der Waals surface area contributed by atoms with Gasteiger partial charge in [-0.15, -0.1) is 0 Å². The van der Waals surface area contributed by atoms with E-state index in [4.69, 9.17) is 0 Å². The Labute approximate surface area is 160 Å². The largest absolute Gasteiger partial charge is 0.433 e. The average Bonchev–Trinajstić information content (AvgIpc) is 3.14. The summed E-state index contributed by atoms with van der Waals surface area (Å²) in [5.41, 5.74) is 2.12. The molecular formula is C22H16F3N3. The van der Waals surface area contributed by atoms with Crippen LogP contribution in [0.25, 0.3) is 22.6 Å². The smallest absolute Gasteiger partial charge is 0.255 e. The number of pyridine rings is 1. The van der Waals surface area contributed by atoms with Crippen molar-refractivity contribution in [2.45, 2.75) is 12.7 Å². The SMILES string of the molecule is FC(F)(F)c1cc(-c2cccc(-c3ccccc3)n2)nn1Cc1ccccc1. The minimum atomic E-state index is -4.50. The Hall–Kier alpha value is -3.41. The molecule has 0 saturated carbocycles. The lowest BCUT2D eigenvalue weighted by molar-refractivity contribution is -0.144. The molecule has 2 aromatic heterocycles. The minimum absolute atomic E-state index is 0.0358. The van der Waals surface area contributed by atoms with E-state index in [2.05, 4.69) is 10.1 Å². The molecule has 0 N–H and O–H groups in total. The van der Waals surface area contributed by atoms with Crippen LogP contribution >= 0.6 is 0 Å². The summed E-state index contributed by atoms with van der Waals surface area (Å²) in [7, 11) is 0. The minimum Gasteiger partial charge on any atom is -0.255 e. The summed E-state index contributed by atoms with van der Waals surface area (Å²) < 4.78 is 41.6. The zero-order valence-corrected chi connectivity index (χ0v) is 14.8. The maximum Gasteiger partial charge on any atom is 0.433 e. The van der Waals surface area contributed by atoms with Crippen LogP contribution in [0.1, 0.15) is 11.3 Å². The zero-order valence-electron chi connectivity index (χ0n) is 14.8. The predicted octanol–water partition coefficient (Wildman–Crippen LogP) is 5.68. The Kier molecular flexibility index (Phi) is 4.69. The number of nitrogens with zero attached hydrogens (tertiary/aromatic N) is 3. The third kappa shape index (κ3) is 3.81. The molecule has 0 radical (unpaired) electrons. The first-order valence-electron chi connectivity index (χ1n) is 8.72. The summed E-state index contributed by atoms with van der Waals surface area (Å²) in [6, 6.07) is 24.8. The average molecular weight is 379 g/mol. The first-order chi connectivity index (χ1) is 13.5. The topological polar surface area (TPSA) is 30.7 Å². The summed E-state index contributed by atoms with van der Waals surface area (Å²) in [5, 5.41) is 4.21. The highest BCUT2D eigenvalue weighted by atomic mass is 19.4. The van der Waals surface area contributed by atoms with E-state index in [0.29, 0.717) is 11.4 Å². The van der Waals surface area contributed by atoms with Gasteiger partial charge in [-0.25, -0.2) is 4.98 Å². The molecule has 4 rings (SSSR count). The summed E-state index contributed by atoms with van der Waals surface area (Å²) in [4.78, 5) is 4.51. The number of benzene rings is 2. The third-order valence-electron chi connectivity index (χ3n) is 4.33. The van der Waals surface area contributed by atoms with Gasteiger partial charge in [0.25, 0.3) is 0 Å². The number of alkyl halides is 3. The highest BCUT2D eigenvalue weighted by Gasteiger charge is 2.36. The van der Waals surface area contributed by atoms with Crippen molar-refractivity contribution in [2.24, 2.45) is 0 Å². The van der Waals surface area contributed by atoms with Gasteiger partial charge in [-0.1, -0.05) is 66.7 Å². The number of aromatic nitrogens is 3. The van der Waals surface area contributed by atoms with E-state index in [-0.39, 0.29) is 12.2 Å². The summed E-state index contributed by atoms with van der Waals surface area (Å²) in [5.74, 6) is 0. The van der Waals surface area contributed by atoms with Crippen LogP contribution in [0.2, 0.25) is 0 Å². The molecule has 0 saturated heterocycles. The fraction of sp³-hybridized carbons (Fsp3) is 0.0909. The van der Waals surface area contributed by atoms with E-state index in [1.54, 1.807) is 36.4 Å². The number of hydrogen-bond acceptors (Lipinski definition) is 2. The molecule has 0 aliphatic carbocycles. The van der Waals surface area contributed by atoms with Crippen LogP contribution in [-0.2, 0) is 12.7 Å². The maximum atomic E-state index is 13.5. The van der Waals surface area contributed by atoms with Gasteiger partial charge in [0, 0.05) is 5.56 Å². The lowest BCUT2D eigenvalue weighted by Gasteiger charge is -2.10. The number of hydrogen-bond donors (Lipinski definition) is 0. The molecule has 140 valence electrons. The van der Waals surface area contributed by atoms with E-state index in [0.717, 1.165) is 21.9 Å². The van der Waals surface area contributed by atoms with E-state index in [1.807, 2.05) is 42.5 Å². The maximum absolute atomic E-state index is 13.5. The van der Waals surface area contributed by atoms with E-state index in [1.165, 1.54) is 0 Å². The van der Waals surface area contributed by atoms with Crippen LogP contribution in [0.3, 0.4) is 0 Å². The van der Waals surface area contributed by atoms with Crippen molar-refractivity contribution < 1.29 is 13.2 Å². The normalized spacial score (nSPS) is 11.5. The molecule has 2 aromatic carbocycles. The Morgan fingerprint density at radius 2 is 1.36 bits per heavy atom. The molecular weight excluding hydrogens is 363 g/mol. The molecule has 0 spiro atoms. The Morgan fingerprint density at radius 1 is 0.714 bits per heavy atom. The van der Waals surface area contributed by atoms with E-state index >= 15 is 0 Å². The van der Waals surface area contributed by atoms with Gasteiger partial charge in [0.05, 0.1) is 17.9 Å². The molecule has 0 amide bonds. The molecule has 4 aromatic rings. The third-order valence-corrected chi connectivity index (χ3v) is 4.33. The fourth-order valence-electron chi connectivity index (χ4n) is 2.99. The van der Waals surface area contributed by atoms with Gasteiger partial charge in [-0.3, -0.25) is 4.68 Å². The first-order valence-corrected chi connectivity index (χ1v) is 8.72. The van der Waals surface area contributed by atoms with Crippen molar-refractivity contribution >= 4 is 0 Å². The van der Waals surface area contributed by atoms with Crippen molar-refractivity contribution in [3.8, 4) is 22.6 Å². The van der Waals surface area contributed by atoms with Crippen LogP contribution in [0.4, 0.5) is 13.2 Å². The number of rotatable bonds is 4. The fourth-order valence-corrected chi connectivity index (χ4v) is 2.99. The quantitative estimate of drug-likeness (QED) is 0.457. The van der Waals surface area contributed by atoms with Crippen LogP contribution in [0.15, 0.2) is 84.9 Å². The second kappa shape index (κ2) is 7.31. The molecule has 2 heterocycles. The Morgan fingerprint density at radius 3 is 2.04 bits per heavy atom. The highest BCUT2D eigenvalue weighted by molar-refractivity contribution is 5.64. The Bertz CT molecular complexity index is 1070. The molecule has 3 nitrogen and oxygen atoms in total. The van der Waals surface area contributed by atoms with Crippen LogP contribution < -0.4 is 0 Å². The molecule has 0 atom stereocenters. The lowest BCUT2D eigenvalue weighted by atomic mass is 10.1. The van der Waals surface area contributed by atoms with Crippen molar-refractivity contribution in [3.63, 3.8) is 0 Å². The Balaban J connectivity index is 1.75. The lowest BCUT2D eigenvalue weighted by Crippen LogP contribution is -2.15. The van der Waals surface area contributed by atoms with Gasteiger partial charge in [-0.05, 0) is 23.8 Å². The summed E-state index contributed by atoms with van der Waals surface area (Å²) >= 11 is 0. The molecule has 0 unspecified atom stereocenters. The highest BCUT2D eigenvalue weighted by Crippen LogP contribution is 2.33. The molecule has 0 bridgehead atoms. The standard InChI is InChI=1S/C22H16F3N3/c23-22(24,25)21-14-20(27-28(21)15-16-8-3-1-4-9-16)19-13-7-12-18(26-19)17-10-5-2-6-11-17/h1-14H,15H2. The summed E-state index contributed by atoms with van der Waals surface area (Å²) in [6.45, 7) is 0.0358. The van der Waals surface area contributed by atoms with Gasteiger partial charge >= 0.3 is 6.18 Å². The second-order valence-corrected chi connectivity index (χ2v) is 6.33. The van der Waals surface area contributed by atoms with Gasteiger partial charge in [-0.2, -0.15) is 18.3 Å². The number of halogens is 3. The first kappa shape index (κ1) is 18.0. The van der Waals surface area contributed by atoms with Gasteiger partial charge < -0.3 is 0 Å². The van der Waals surface area contributed by atoms with Crippen molar-refractivity contribution in [1.29, 1.82) is 0 Å². The van der Waals surface area contributed by atoms with Crippen LogP contribution in [0.5, 0.6) is 0 Å². The van der Waals surface area contributed by atoms with Crippen molar-refractivity contribution in [2.75, 3.05) is 0 Å². The van der Waals surface area contributed by atoms with E-state index < -0.39 is 11.9 Å². The van der Waals surface area contributed by atoms with E-state index in [9.17, 15) is 13.2 Å². The molecule has 0 aliphatic rings. The van der Waals surface area contributed by atoms with Crippen LogP contribution in [0, 0.1) is 0 Å². The van der Waals surface area contributed by atoms with Crippen molar-refractivity contribution in [1.82, 2.24) is 14.8 Å². The molecule has 28 heavy (non-hydrogen) atoms. The van der Waals surface area contributed by atoms with Crippen LogP contribution in [-0.4, -0.2) is 14.8 Å².